The first-order chi connectivity index (χ1) is 9.22. The number of nitrogen functional groups attached to an aromatic ring is 1. The highest BCUT2D eigenvalue weighted by Crippen LogP contribution is 2.38. The first-order valence-corrected chi connectivity index (χ1v) is 6.17. The molecule has 100 valence electrons. The van der Waals surface area contributed by atoms with Crippen molar-refractivity contribution in [2.45, 2.75) is 13.3 Å². The number of ether oxygens (including phenoxy) is 1. The molecule has 0 aromatic carbocycles. The van der Waals surface area contributed by atoms with E-state index in [1.54, 1.807) is 10.9 Å². The van der Waals surface area contributed by atoms with Gasteiger partial charge in [-0.2, -0.15) is 9.97 Å². The van der Waals surface area contributed by atoms with Crippen molar-refractivity contribution in [2.24, 2.45) is 5.92 Å². The fourth-order valence-corrected chi connectivity index (χ4v) is 1.98. The number of nitrogens with zero attached hydrogens (tertiary/aromatic N) is 4. The van der Waals surface area contributed by atoms with Crippen LogP contribution in [0.5, 0.6) is 5.88 Å². The maximum absolute atomic E-state index is 9.05. The molecule has 1 aliphatic rings. The zero-order valence-electron chi connectivity index (χ0n) is 10.6. The summed E-state index contributed by atoms with van der Waals surface area (Å²) in [6, 6.07) is 0. The summed E-state index contributed by atoms with van der Waals surface area (Å²) in [6.45, 7) is 2.55. The lowest BCUT2D eigenvalue weighted by Crippen LogP contribution is -2.02. The molecule has 0 spiro atoms. The molecule has 1 aliphatic carbocycles. The standard InChI is InChI=1S/C12H15N5O2/c1-2-19-11-9-10(15-12(13)16-11)17(6-14-9)4-7-3-8(7)5-18/h4,6,8,18H,2-3,5H2,1H3,(H2,13,15,16)/b7-4-/t8-/m1/s1. The van der Waals surface area contributed by atoms with E-state index >= 15 is 0 Å². The monoisotopic (exact) mass is 261 g/mol. The predicted molar refractivity (Wildman–Crippen MR) is 70.4 cm³/mol. The Balaban J connectivity index is 2.05. The molecule has 7 heteroatoms. The number of hydrogen-bond donors (Lipinski definition) is 2. The summed E-state index contributed by atoms with van der Waals surface area (Å²) >= 11 is 0. The fourth-order valence-electron chi connectivity index (χ4n) is 1.98. The third-order valence-electron chi connectivity index (χ3n) is 3.06. The normalized spacial score (nSPS) is 20.1. The molecule has 19 heavy (non-hydrogen) atoms. The SMILES string of the molecule is CCOc1nc(N)nc2c1ncn2/C=C1/C[C@@H]1CO. The van der Waals surface area contributed by atoms with E-state index in [0.29, 0.717) is 23.7 Å². The fraction of sp³-hybridized carbons (Fsp3) is 0.417. The van der Waals surface area contributed by atoms with E-state index in [1.165, 1.54) is 5.57 Å². The lowest BCUT2D eigenvalue weighted by Gasteiger charge is -2.03. The minimum absolute atomic E-state index is 0.158. The maximum Gasteiger partial charge on any atom is 0.247 e. The molecule has 1 fully saturated rings. The molecule has 0 amide bonds. The molecule has 2 heterocycles. The molecule has 1 atom stereocenters. The van der Waals surface area contributed by atoms with Gasteiger partial charge in [0.15, 0.2) is 11.2 Å². The van der Waals surface area contributed by atoms with Crippen molar-refractivity contribution < 1.29 is 9.84 Å². The molecule has 0 saturated heterocycles. The number of aromatic nitrogens is 4. The van der Waals surface area contributed by atoms with Crippen LogP contribution in [-0.4, -0.2) is 37.8 Å². The van der Waals surface area contributed by atoms with Gasteiger partial charge < -0.3 is 15.6 Å². The molecular formula is C12H15N5O2. The first-order valence-electron chi connectivity index (χ1n) is 6.17. The molecule has 0 aliphatic heterocycles. The van der Waals surface area contributed by atoms with E-state index in [1.807, 2.05) is 13.1 Å². The van der Waals surface area contributed by atoms with Gasteiger partial charge >= 0.3 is 0 Å². The van der Waals surface area contributed by atoms with Crippen molar-refractivity contribution in [1.29, 1.82) is 0 Å². The van der Waals surface area contributed by atoms with Crippen molar-refractivity contribution in [2.75, 3.05) is 18.9 Å². The Morgan fingerprint density at radius 2 is 2.42 bits per heavy atom. The van der Waals surface area contributed by atoms with Gasteiger partial charge in [-0.25, -0.2) is 4.98 Å². The van der Waals surface area contributed by atoms with E-state index in [4.69, 9.17) is 15.6 Å². The number of fused-ring (bicyclic) bond motifs is 1. The van der Waals surface area contributed by atoms with Crippen molar-refractivity contribution in [3.63, 3.8) is 0 Å². The number of imidazole rings is 1. The lowest BCUT2D eigenvalue weighted by molar-refractivity contribution is 0.281. The Morgan fingerprint density at radius 1 is 1.58 bits per heavy atom. The number of rotatable bonds is 4. The number of hydrogen-bond acceptors (Lipinski definition) is 6. The highest BCUT2D eigenvalue weighted by Gasteiger charge is 2.29. The number of aliphatic hydroxyl groups excluding tert-OH is 1. The molecule has 2 aromatic heterocycles. The minimum atomic E-state index is 0.158. The van der Waals surface area contributed by atoms with Crippen LogP contribution in [0.15, 0.2) is 11.9 Å². The molecular weight excluding hydrogens is 246 g/mol. The van der Waals surface area contributed by atoms with Gasteiger partial charge in [-0.1, -0.05) is 0 Å². The zero-order chi connectivity index (χ0) is 13.4. The number of aliphatic hydroxyl groups is 1. The van der Waals surface area contributed by atoms with Crippen molar-refractivity contribution in [3.05, 3.63) is 11.9 Å². The van der Waals surface area contributed by atoms with Crippen molar-refractivity contribution >= 4 is 23.3 Å². The van der Waals surface area contributed by atoms with Gasteiger partial charge in [-0.3, -0.25) is 4.57 Å². The van der Waals surface area contributed by atoms with Gasteiger partial charge in [0.2, 0.25) is 11.8 Å². The van der Waals surface area contributed by atoms with E-state index in [0.717, 1.165) is 6.42 Å². The van der Waals surface area contributed by atoms with Gasteiger partial charge in [0.05, 0.1) is 6.61 Å². The van der Waals surface area contributed by atoms with Gasteiger partial charge in [0, 0.05) is 18.7 Å². The second-order valence-electron chi connectivity index (χ2n) is 4.43. The van der Waals surface area contributed by atoms with Gasteiger partial charge in [-0.05, 0) is 18.9 Å². The summed E-state index contributed by atoms with van der Waals surface area (Å²) in [5, 5.41) is 9.05. The van der Waals surface area contributed by atoms with Crippen LogP contribution in [0.25, 0.3) is 17.4 Å². The summed E-state index contributed by atoms with van der Waals surface area (Å²) < 4.78 is 7.20. The van der Waals surface area contributed by atoms with E-state index in [9.17, 15) is 0 Å². The van der Waals surface area contributed by atoms with Gasteiger partial charge in [0.25, 0.3) is 0 Å². The molecule has 0 bridgehead atoms. The summed E-state index contributed by atoms with van der Waals surface area (Å²) in [5.41, 5.74) is 8.07. The van der Waals surface area contributed by atoms with Crippen LogP contribution in [0.2, 0.25) is 0 Å². The quantitative estimate of drug-likeness (QED) is 0.838. The Kier molecular flexibility index (Phi) is 2.83. The van der Waals surface area contributed by atoms with E-state index in [-0.39, 0.29) is 18.5 Å². The molecule has 1 saturated carbocycles. The Morgan fingerprint density at radius 3 is 3.11 bits per heavy atom. The molecule has 0 radical (unpaired) electrons. The molecule has 3 N–H and O–H groups in total. The number of nitrogens with two attached hydrogens (primary N) is 1. The van der Waals surface area contributed by atoms with Crippen LogP contribution >= 0.6 is 0 Å². The summed E-state index contributed by atoms with van der Waals surface area (Å²) in [4.78, 5) is 12.5. The largest absolute Gasteiger partial charge is 0.476 e. The highest BCUT2D eigenvalue weighted by atomic mass is 16.5. The Hall–Kier alpha value is -2.15. The van der Waals surface area contributed by atoms with Crippen LogP contribution in [-0.2, 0) is 0 Å². The van der Waals surface area contributed by atoms with Crippen LogP contribution in [0.3, 0.4) is 0 Å². The van der Waals surface area contributed by atoms with Crippen molar-refractivity contribution in [3.8, 4) is 5.88 Å². The average molecular weight is 261 g/mol. The minimum Gasteiger partial charge on any atom is -0.476 e. The van der Waals surface area contributed by atoms with E-state index < -0.39 is 0 Å². The lowest BCUT2D eigenvalue weighted by atomic mass is 10.4. The molecule has 7 nitrogen and oxygen atoms in total. The molecule has 2 aromatic rings. The summed E-state index contributed by atoms with van der Waals surface area (Å²) in [5.74, 6) is 0.824. The van der Waals surface area contributed by atoms with Gasteiger partial charge in [-0.15, -0.1) is 0 Å². The van der Waals surface area contributed by atoms with Crippen molar-refractivity contribution in [1.82, 2.24) is 19.5 Å². The molecule has 0 unspecified atom stereocenters. The Bertz CT molecular complexity index is 649. The smallest absolute Gasteiger partial charge is 0.247 e. The Labute approximate surface area is 109 Å². The van der Waals surface area contributed by atoms with Crippen LogP contribution in [0, 0.1) is 5.92 Å². The van der Waals surface area contributed by atoms with Crippen LogP contribution in [0.1, 0.15) is 13.3 Å². The third-order valence-corrected chi connectivity index (χ3v) is 3.06. The van der Waals surface area contributed by atoms with Crippen LogP contribution in [0.4, 0.5) is 5.95 Å². The van der Waals surface area contributed by atoms with E-state index in [2.05, 4.69) is 15.0 Å². The third kappa shape index (κ3) is 2.12. The predicted octanol–water partition coefficient (Wildman–Crippen LogP) is 0.660. The summed E-state index contributed by atoms with van der Waals surface area (Å²) in [7, 11) is 0. The second kappa shape index (κ2) is 4.51. The maximum atomic E-state index is 9.05. The zero-order valence-corrected chi connectivity index (χ0v) is 10.6. The summed E-state index contributed by atoms with van der Waals surface area (Å²) in [6.07, 6.45) is 4.49. The molecule has 3 rings (SSSR count). The first kappa shape index (κ1) is 11.9. The van der Waals surface area contributed by atoms with Gasteiger partial charge in [0.1, 0.15) is 6.33 Å². The number of anilines is 1. The highest BCUT2D eigenvalue weighted by molar-refractivity contribution is 5.79. The van der Waals surface area contributed by atoms with Crippen LogP contribution < -0.4 is 10.5 Å². The average Bonchev–Trinajstić information content (AvgIpc) is 3.03. The topological polar surface area (TPSA) is 99.1 Å². The second-order valence-corrected chi connectivity index (χ2v) is 4.43.